The number of hydrogen-bond donors (Lipinski definition) is 2. The van der Waals surface area contributed by atoms with E-state index in [4.69, 9.17) is 0 Å². The maximum Gasteiger partial charge on any atom is 0.258 e. The summed E-state index contributed by atoms with van der Waals surface area (Å²) in [5.41, 5.74) is 2.16. The summed E-state index contributed by atoms with van der Waals surface area (Å²) in [6, 6.07) is 19.8. The number of carbonyl (C=O) groups is 1. The lowest BCUT2D eigenvalue weighted by molar-refractivity contribution is -0.0122. The van der Waals surface area contributed by atoms with Crippen LogP contribution in [0.1, 0.15) is 40.0 Å². The summed E-state index contributed by atoms with van der Waals surface area (Å²) in [4.78, 5) is 15.0. The molecule has 1 aliphatic rings. The lowest BCUT2D eigenvalue weighted by Crippen LogP contribution is -2.46. The number of aromatic nitrogens is 1. The number of carbonyl (C=O) groups excluding carboxylic acids is 1. The molecule has 5 nitrogen and oxygen atoms in total. The molecule has 2 heterocycles. The number of anilines is 1. The highest BCUT2D eigenvalue weighted by atomic mass is 32.1. The number of likely N-dealkylation sites (tertiary alicyclic amines) is 1. The minimum Gasteiger partial charge on any atom is -0.380 e. The van der Waals surface area contributed by atoms with Crippen molar-refractivity contribution >= 4 is 22.4 Å². The second-order valence-corrected chi connectivity index (χ2v) is 8.56. The van der Waals surface area contributed by atoms with Gasteiger partial charge in [-0.1, -0.05) is 60.7 Å². The lowest BCUT2D eigenvalue weighted by Gasteiger charge is -2.42. The predicted molar refractivity (Wildman–Crippen MR) is 121 cm³/mol. The summed E-state index contributed by atoms with van der Waals surface area (Å²) >= 11 is 1.32. The van der Waals surface area contributed by atoms with Gasteiger partial charge in [0.1, 0.15) is 10.6 Å². The Morgan fingerprint density at radius 3 is 2.10 bits per heavy atom. The molecular formula is C24H27N3O2S. The molecule has 2 N–H and O–H groups in total. The fourth-order valence-electron chi connectivity index (χ4n) is 4.47. The van der Waals surface area contributed by atoms with Crippen LogP contribution in [-0.2, 0) is 5.60 Å². The second-order valence-electron chi connectivity index (χ2n) is 7.79. The largest absolute Gasteiger partial charge is 0.380 e. The van der Waals surface area contributed by atoms with E-state index in [9.17, 15) is 9.90 Å². The number of aliphatic hydroxyl groups is 1. The van der Waals surface area contributed by atoms with Crippen LogP contribution in [0.25, 0.3) is 0 Å². The van der Waals surface area contributed by atoms with Crippen molar-refractivity contribution in [2.24, 2.45) is 5.92 Å². The van der Waals surface area contributed by atoms with E-state index >= 15 is 0 Å². The number of benzene rings is 2. The summed E-state index contributed by atoms with van der Waals surface area (Å²) in [7, 11) is 1.82. The third-order valence-corrected chi connectivity index (χ3v) is 7.06. The third-order valence-electron chi connectivity index (χ3n) is 6.10. The molecule has 0 aliphatic carbocycles. The van der Waals surface area contributed by atoms with E-state index in [0.29, 0.717) is 18.7 Å². The van der Waals surface area contributed by atoms with Crippen molar-refractivity contribution in [3.8, 4) is 0 Å². The predicted octanol–water partition coefficient (Wildman–Crippen LogP) is 4.28. The summed E-state index contributed by atoms with van der Waals surface area (Å²) in [6.45, 7) is 3.11. The fraction of sp³-hybridized carbons (Fsp3) is 0.333. The molecule has 0 unspecified atom stereocenters. The minimum absolute atomic E-state index is 0.0204. The Balaban J connectivity index is 1.58. The first-order valence-electron chi connectivity index (χ1n) is 10.3. The minimum atomic E-state index is -1.08. The van der Waals surface area contributed by atoms with Crippen LogP contribution in [0, 0.1) is 12.8 Å². The molecule has 1 fully saturated rings. The summed E-state index contributed by atoms with van der Waals surface area (Å²) in [5, 5.41) is 15.9. The van der Waals surface area contributed by atoms with Crippen molar-refractivity contribution in [2.75, 3.05) is 25.5 Å². The molecule has 0 spiro atoms. The zero-order valence-corrected chi connectivity index (χ0v) is 18.2. The van der Waals surface area contributed by atoms with Crippen molar-refractivity contribution in [1.29, 1.82) is 0 Å². The Kier molecular flexibility index (Phi) is 5.88. The molecular weight excluding hydrogens is 394 g/mol. The summed E-state index contributed by atoms with van der Waals surface area (Å²) in [6.07, 6.45) is 1.47. The molecule has 6 heteroatoms. The maximum atomic E-state index is 13.1. The molecule has 1 aliphatic heterocycles. The van der Waals surface area contributed by atoms with Gasteiger partial charge in [-0.3, -0.25) is 4.79 Å². The van der Waals surface area contributed by atoms with Crippen molar-refractivity contribution in [1.82, 2.24) is 9.27 Å². The van der Waals surface area contributed by atoms with Gasteiger partial charge in [-0.15, -0.1) is 0 Å². The van der Waals surface area contributed by atoms with Gasteiger partial charge in [-0.25, -0.2) is 0 Å². The first-order chi connectivity index (χ1) is 14.6. The topological polar surface area (TPSA) is 65.5 Å². The van der Waals surface area contributed by atoms with Crippen molar-refractivity contribution in [3.63, 3.8) is 0 Å². The van der Waals surface area contributed by atoms with Gasteiger partial charge in [0.15, 0.2) is 0 Å². The molecule has 30 heavy (non-hydrogen) atoms. The Labute approximate surface area is 181 Å². The molecule has 2 aromatic carbocycles. The van der Waals surface area contributed by atoms with E-state index in [1.807, 2.05) is 79.5 Å². The number of nitrogens with zero attached hydrogens (tertiary/aromatic N) is 2. The molecule has 1 amide bonds. The van der Waals surface area contributed by atoms with Crippen molar-refractivity contribution < 1.29 is 9.90 Å². The number of hydrogen-bond acceptors (Lipinski definition) is 5. The van der Waals surface area contributed by atoms with Crippen LogP contribution in [0.4, 0.5) is 5.00 Å². The van der Waals surface area contributed by atoms with E-state index in [2.05, 4.69) is 9.69 Å². The Morgan fingerprint density at radius 2 is 1.60 bits per heavy atom. The van der Waals surface area contributed by atoms with Gasteiger partial charge in [0.25, 0.3) is 5.91 Å². The molecule has 0 atom stereocenters. The molecule has 0 radical (unpaired) electrons. The standard InChI is InChI=1S/C24H27N3O2S/c1-17-21(22(25-2)30-26-17)23(28)27-15-13-20(14-16-27)24(29,18-9-5-3-6-10-18)19-11-7-4-8-12-19/h3-12,20,25,29H,13-16H2,1-2H3. The number of rotatable bonds is 5. The quantitative estimate of drug-likeness (QED) is 0.645. The van der Waals surface area contributed by atoms with Gasteiger partial charge < -0.3 is 15.3 Å². The Morgan fingerprint density at radius 1 is 1.07 bits per heavy atom. The van der Waals surface area contributed by atoms with Crippen LogP contribution < -0.4 is 5.32 Å². The fourth-order valence-corrected chi connectivity index (χ4v) is 5.21. The Hall–Kier alpha value is -2.70. The molecule has 1 saturated heterocycles. The van der Waals surface area contributed by atoms with Gasteiger partial charge in [-0.05, 0) is 48.3 Å². The van der Waals surface area contributed by atoms with Crippen molar-refractivity contribution in [2.45, 2.75) is 25.4 Å². The number of piperidine rings is 1. The third kappa shape index (κ3) is 3.61. The molecule has 156 valence electrons. The summed E-state index contributed by atoms with van der Waals surface area (Å²) in [5.74, 6) is 0.0452. The second kappa shape index (κ2) is 8.58. The maximum absolute atomic E-state index is 13.1. The number of amides is 1. The average molecular weight is 422 g/mol. The van der Waals surface area contributed by atoms with Crippen LogP contribution in [0.15, 0.2) is 60.7 Å². The van der Waals surface area contributed by atoms with Crippen LogP contribution in [-0.4, -0.2) is 40.4 Å². The first-order valence-corrected chi connectivity index (χ1v) is 11.1. The molecule has 1 aromatic heterocycles. The average Bonchev–Trinajstić information content (AvgIpc) is 3.19. The van der Waals surface area contributed by atoms with E-state index in [-0.39, 0.29) is 11.8 Å². The highest BCUT2D eigenvalue weighted by Crippen LogP contribution is 2.42. The van der Waals surface area contributed by atoms with E-state index in [1.54, 1.807) is 0 Å². The number of aryl methyl sites for hydroxylation is 1. The highest BCUT2D eigenvalue weighted by molar-refractivity contribution is 7.10. The van der Waals surface area contributed by atoms with E-state index in [1.165, 1.54) is 11.5 Å². The van der Waals surface area contributed by atoms with Crippen LogP contribution in [0.5, 0.6) is 0 Å². The lowest BCUT2D eigenvalue weighted by atomic mass is 9.72. The molecule has 4 rings (SSSR count). The van der Waals surface area contributed by atoms with E-state index < -0.39 is 5.60 Å². The Bertz CT molecular complexity index is 956. The van der Waals surface area contributed by atoms with Gasteiger partial charge in [-0.2, -0.15) is 4.37 Å². The van der Waals surface area contributed by atoms with Crippen LogP contribution in [0.2, 0.25) is 0 Å². The van der Waals surface area contributed by atoms with Gasteiger partial charge in [0, 0.05) is 20.1 Å². The van der Waals surface area contributed by atoms with Gasteiger partial charge >= 0.3 is 0 Å². The molecule has 0 bridgehead atoms. The summed E-state index contributed by atoms with van der Waals surface area (Å²) < 4.78 is 4.33. The van der Waals surface area contributed by atoms with Gasteiger partial charge in [0.05, 0.1) is 11.3 Å². The van der Waals surface area contributed by atoms with Gasteiger partial charge in [0.2, 0.25) is 0 Å². The van der Waals surface area contributed by atoms with Crippen LogP contribution in [0.3, 0.4) is 0 Å². The van der Waals surface area contributed by atoms with Crippen molar-refractivity contribution in [3.05, 3.63) is 83.0 Å². The smallest absolute Gasteiger partial charge is 0.258 e. The van der Waals surface area contributed by atoms with Crippen LogP contribution >= 0.6 is 11.5 Å². The highest BCUT2D eigenvalue weighted by Gasteiger charge is 2.42. The zero-order chi connectivity index (χ0) is 21.1. The first kappa shape index (κ1) is 20.6. The zero-order valence-electron chi connectivity index (χ0n) is 17.3. The SMILES string of the molecule is CNc1snc(C)c1C(=O)N1CCC(C(O)(c2ccccc2)c2ccccc2)CC1. The monoisotopic (exact) mass is 421 g/mol. The molecule has 3 aromatic rings. The van der Waals surface area contributed by atoms with E-state index in [0.717, 1.165) is 34.7 Å². The molecule has 0 saturated carbocycles. The normalized spacial score (nSPS) is 15.2. The number of nitrogens with one attached hydrogen (secondary N) is 1.